The van der Waals surface area contributed by atoms with Gasteiger partial charge in [0.15, 0.2) is 0 Å². The molecule has 0 rings (SSSR count). The largest absolute Gasteiger partial charge is 3.00 e. The van der Waals surface area contributed by atoms with Crippen molar-refractivity contribution in [3.63, 3.8) is 0 Å². The van der Waals surface area contributed by atoms with Crippen LogP contribution in [0.4, 0.5) is 0 Å². The normalized spacial score (nSPS) is 14.6. The van der Waals surface area contributed by atoms with Gasteiger partial charge in [-0.2, -0.15) is 0 Å². The van der Waals surface area contributed by atoms with Crippen molar-refractivity contribution in [2.45, 2.75) is 253 Å². The van der Waals surface area contributed by atoms with Gasteiger partial charge in [0.1, 0.15) is 0 Å². The average Bonchev–Trinajstić information content (AvgIpc) is 2.87. The fourth-order valence-corrected chi connectivity index (χ4v) is 6.48. The summed E-state index contributed by atoms with van der Waals surface area (Å²) in [4.78, 5) is 0. The molecule has 0 fully saturated rings. The number of hydrogen-bond acceptors (Lipinski definition) is 6. The van der Waals surface area contributed by atoms with Crippen molar-refractivity contribution >= 4 is 0 Å². The molecule has 0 aromatic rings. The zero-order chi connectivity index (χ0) is 38.5. The van der Waals surface area contributed by atoms with Gasteiger partial charge in [-0.15, -0.1) is 33.6 Å². The monoisotopic (exact) mass is 1030 g/mol. The maximum Gasteiger partial charge on any atom is 3.00 e. The Morgan fingerprint density at radius 1 is 0.320 bits per heavy atom. The van der Waals surface area contributed by atoms with Crippen LogP contribution in [-0.4, -0.2) is 33.6 Å². The summed E-state index contributed by atoms with van der Waals surface area (Å²) >= 11 is 0. The van der Waals surface area contributed by atoms with E-state index in [2.05, 4.69) is 20.8 Å². The van der Waals surface area contributed by atoms with Crippen molar-refractivity contribution in [1.29, 1.82) is 0 Å². The quantitative estimate of drug-likeness (QED) is 0.0985. The van der Waals surface area contributed by atoms with Gasteiger partial charge in [0.05, 0.1) is 0 Å². The molecule has 0 heterocycles. The van der Waals surface area contributed by atoms with Gasteiger partial charge >= 0.3 is 93.8 Å². The number of rotatable bonds is 24. The Balaban J connectivity index is -0.000000199. The summed E-state index contributed by atoms with van der Waals surface area (Å²) in [6.45, 7) is 27.4. The molecule has 0 bridgehead atoms. The molecule has 8 heteroatoms. The van der Waals surface area contributed by atoms with Gasteiger partial charge in [-0.1, -0.05) is 237 Å². The third-order valence-electron chi connectivity index (χ3n) is 9.92. The average molecular weight is 1030 g/mol. The van der Waals surface area contributed by atoms with Crippen LogP contribution >= 0.6 is 0 Å². The SMILES string of the molecule is CCC(CCCCCC(C)(C)[O-])C(C)(C)[O-].CCC(CCCCCC(C)(C)[O-])C(C)(C)[O-].CCC(CCCCCC(C)(C)[O-])C(C)(C)[O-].[Yb+3].[Yb+3]. The Kier molecular flexibility index (Phi) is 38.3. The van der Waals surface area contributed by atoms with Crippen LogP contribution in [0.2, 0.25) is 0 Å². The third kappa shape index (κ3) is 43.5. The van der Waals surface area contributed by atoms with E-state index in [1.807, 2.05) is 0 Å². The molecule has 316 valence electrons. The van der Waals surface area contributed by atoms with Crippen LogP contribution in [0.5, 0.6) is 0 Å². The second kappa shape index (κ2) is 30.9. The minimum absolute atomic E-state index is 0. The molecule has 3 atom stereocenters. The molecule has 6 nitrogen and oxygen atoms in total. The minimum atomic E-state index is -0.813. The van der Waals surface area contributed by atoms with Gasteiger partial charge in [-0.3, -0.25) is 0 Å². The van der Waals surface area contributed by atoms with E-state index in [0.29, 0.717) is 0 Å². The number of unbranched alkanes of at least 4 members (excludes halogenated alkanes) is 6. The fourth-order valence-electron chi connectivity index (χ4n) is 6.48. The van der Waals surface area contributed by atoms with Crippen LogP contribution < -0.4 is 30.6 Å². The van der Waals surface area contributed by atoms with E-state index in [0.717, 1.165) is 116 Å². The third-order valence-corrected chi connectivity index (χ3v) is 9.92. The Labute approximate surface area is 390 Å². The Bertz CT molecular complexity index is 634. The number of hydrogen-bond donors (Lipinski definition) is 0. The molecule has 0 N–H and O–H groups in total. The first kappa shape index (κ1) is 62.0. The fraction of sp³-hybridized carbons (Fsp3) is 1.00. The molecule has 0 aliphatic rings. The summed E-state index contributed by atoms with van der Waals surface area (Å²) in [7, 11) is 0. The van der Waals surface area contributed by atoms with Crippen molar-refractivity contribution in [3.8, 4) is 0 Å². The van der Waals surface area contributed by atoms with E-state index < -0.39 is 33.6 Å². The molecule has 0 saturated heterocycles. The first-order valence-electron chi connectivity index (χ1n) is 19.7. The van der Waals surface area contributed by atoms with Crippen LogP contribution in [0.15, 0.2) is 0 Å². The zero-order valence-electron chi connectivity index (χ0n) is 35.4. The summed E-state index contributed by atoms with van der Waals surface area (Å²) in [5, 5.41) is 69.5. The summed E-state index contributed by atoms with van der Waals surface area (Å²) < 4.78 is 0. The predicted octanol–water partition coefficient (Wildman–Crippen LogP) is 6.72. The van der Waals surface area contributed by atoms with Gasteiger partial charge in [-0.05, 0) is 0 Å². The minimum Gasteiger partial charge on any atom is -0.850 e. The van der Waals surface area contributed by atoms with Crippen LogP contribution in [0.3, 0.4) is 0 Å². The molecule has 0 aliphatic heterocycles. The second-order valence-electron chi connectivity index (χ2n) is 18.2. The van der Waals surface area contributed by atoms with Gasteiger partial charge in [0.2, 0.25) is 0 Å². The Hall–Kier alpha value is 2.80. The standard InChI is InChI=1S/3C14H28O2.2Yb/c3*1-6-12(14(4,5)16)10-8-7-9-11-13(2,3)15;;/h3*12H,6-11H2,1-5H3;;/q3*-2;2*+3. The van der Waals surface area contributed by atoms with E-state index >= 15 is 0 Å². The molecular formula is C42H84O6Yb2. The first-order chi connectivity index (χ1) is 21.5. The van der Waals surface area contributed by atoms with Crippen LogP contribution in [0, 0.1) is 112 Å². The van der Waals surface area contributed by atoms with E-state index in [1.54, 1.807) is 83.1 Å². The van der Waals surface area contributed by atoms with E-state index in [1.165, 1.54) is 0 Å². The van der Waals surface area contributed by atoms with Crippen molar-refractivity contribution in [3.05, 3.63) is 0 Å². The van der Waals surface area contributed by atoms with Crippen molar-refractivity contribution in [1.82, 2.24) is 0 Å². The zero-order valence-corrected chi connectivity index (χ0v) is 38.9. The molecule has 50 heavy (non-hydrogen) atoms. The molecule has 3 unspecified atom stereocenters. The van der Waals surface area contributed by atoms with Gasteiger partial charge in [-0.25, -0.2) is 0 Å². The molecule has 0 aromatic heterocycles. The maximum atomic E-state index is 11.8. The van der Waals surface area contributed by atoms with Crippen molar-refractivity contribution in [2.75, 3.05) is 0 Å². The smallest absolute Gasteiger partial charge is 0.850 e. The predicted molar refractivity (Wildman–Crippen MR) is 195 cm³/mol. The molecule has 0 spiro atoms. The summed E-state index contributed by atoms with van der Waals surface area (Å²) in [6.07, 6.45) is 17.6. The molecule has 0 aliphatic carbocycles. The maximum absolute atomic E-state index is 11.8. The van der Waals surface area contributed by atoms with Crippen LogP contribution in [0.25, 0.3) is 0 Å². The molecular weight excluding hydrogens is 947 g/mol. The first-order valence-corrected chi connectivity index (χ1v) is 19.7. The van der Waals surface area contributed by atoms with Crippen molar-refractivity contribution < 1.29 is 124 Å². The summed E-state index contributed by atoms with van der Waals surface area (Å²) in [5.41, 5.74) is -4.81. The van der Waals surface area contributed by atoms with Crippen molar-refractivity contribution in [2.24, 2.45) is 17.8 Å². The van der Waals surface area contributed by atoms with Gasteiger partial charge in [0, 0.05) is 0 Å². The summed E-state index contributed by atoms with van der Waals surface area (Å²) in [6, 6.07) is 0. The molecule has 0 aromatic carbocycles. The molecule has 2 radical (unpaired) electrons. The van der Waals surface area contributed by atoms with E-state index in [-0.39, 0.29) is 112 Å². The Morgan fingerprint density at radius 3 is 0.620 bits per heavy atom. The molecule has 0 amide bonds. The van der Waals surface area contributed by atoms with Crippen LogP contribution in [-0.2, 0) is 0 Å². The molecule has 0 saturated carbocycles. The van der Waals surface area contributed by atoms with E-state index in [9.17, 15) is 30.6 Å². The van der Waals surface area contributed by atoms with Gasteiger partial charge in [0.25, 0.3) is 0 Å². The summed E-state index contributed by atoms with van der Waals surface area (Å²) in [5.74, 6) is 0.813. The second-order valence-corrected chi connectivity index (χ2v) is 18.2. The van der Waals surface area contributed by atoms with Crippen LogP contribution in [0.1, 0.15) is 219 Å². The van der Waals surface area contributed by atoms with E-state index in [4.69, 9.17) is 0 Å². The Morgan fingerprint density at radius 2 is 0.500 bits per heavy atom. The topological polar surface area (TPSA) is 138 Å². The van der Waals surface area contributed by atoms with Gasteiger partial charge < -0.3 is 30.6 Å².